The van der Waals surface area contributed by atoms with E-state index in [1.165, 1.54) is 5.56 Å². The zero-order chi connectivity index (χ0) is 20.9. The molecule has 1 fully saturated rings. The minimum Gasteiger partial charge on any atom is -0.352 e. The summed E-state index contributed by atoms with van der Waals surface area (Å²) in [5.74, 6) is -0.370. The third-order valence-corrected chi connectivity index (χ3v) is 5.57. The van der Waals surface area contributed by atoms with Crippen molar-refractivity contribution in [3.05, 3.63) is 83.9 Å². The molecule has 1 unspecified atom stereocenters. The van der Waals surface area contributed by atoms with Crippen molar-refractivity contribution in [1.29, 1.82) is 0 Å². The van der Waals surface area contributed by atoms with Gasteiger partial charge < -0.3 is 14.8 Å². The van der Waals surface area contributed by atoms with Crippen LogP contribution in [0.1, 0.15) is 30.0 Å². The van der Waals surface area contributed by atoms with E-state index in [9.17, 15) is 9.59 Å². The van der Waals surface area contributed by atoms with E-state index in [-0.39, 0.29) is 24.2 Å². The summed E-state index contributed by atoms with van der Waals surface area (Å²) in [5.41, 5.74) is 4.27. The number of amides is 2. The maximum absolute atomic E-state index is 12.7. The van der Waals surface area contributed by atoms with E-state index < -0.39 is 0 Å². The quantitative estimate of drug-likeness (QED) is 0.660. The molecule has 1 aliphatic rings. The molecule has 1 N–H and O–H groups in total. The molecule has 4 rings (SSSR count). The smallest absolute Gasteiger partial charge is 0.227 e. The highest BCUT2D eigenvalue weighted by Crippen LogP contribution is 2.28. The molecule has 0 radical (unpaired) electrons. The van der Waals surface area contributed by atoms with Gasteiger partial charge in [-0.1, -0.05) is 49.4 Å². The van der Waals surface area contributed by atoms with E-state index in [2.05, 4.69) is 29.4 Å². The van der Waals surface area contributed by atoms with Gasteiger partial charge in [0.2, 0.25) is 11.8 Å². The van der Waals surface area contributed by atoms with Gasteiger partial charge in [0.25, 0.3) is 0 Å². The van der Waals surface area contributed by atoms with Crippen molar-refractivity contribution in [2.75, 3.05) is 11.4 Å². The third-order valence-electron chi connectivity index (χ3n) is 5.57. The predicted molar refractivity (Wildman–Crippen MR) is 116 cm³/mol. The summed E-state index contributed by atoms with van der Waals surface area (Å²) in [6, 6.07) is 16.1. The Morgan fingerprint density at radius 3 is 2.63 bits per heavy atom. The first-order valence-corrected chi connectivity index (χ1v) is 10.3. The second kappa shape index (κ2) is 8.95. The van der Waals surface area contributed by atoms with Crippen LogP contribution in [-0.2, 0) is 29.1 Å². The first-order chi connectivity index (χ1) is 14.6. The van der Waals surface area contributed by atoms with Gasteiger partial charge in [-0.15, -0.1) is 0 Å². The topological polar surface area (TPSA) is 67.2 Å². The Bertz CT molecular complexity index is 1010. The zero-order valence-corrected chi connectivity index (χ0v) is 17.1. The maximum atomic E-state index is 12.7. The van der Waals surface area contributed by atoms with Crippen molar-refractivity contribution in [3.8, 4) is 0 Å². The number of carbonyl (C=O) groups is 2. The number of benzene rings is 2. The molecule has 0 saturated carbocycles. The van der Waals surface area contributed by atoms with E-state index in [0.717, 1.165) is 29.8 Å². The highest BCUT2D eigenvalue weighted by molar-refractivity contribution is 6.00. The summed E-state index contributed by atoms with van der Waals surface area (Å²) in [5, 5.41) is 2.99. The van der Waals surface area contributed by atoms with Gasteiger partial charge in [-0.05, 0) is 29.2 Å². The Morgan fingerprint density at radius 1 is 1.13 bits per heavy atom. The van der Waals surface area contributed by atoms with Crippen molar-refractivity contribution in [2.24, 2.45) is 5.92 Å². The van der Waals surface area contributed by atoms with Crippen LogP contribution >= 0.6 is 0 Å². The fraction of sp³-hybridized carbons (Fsp3) is 0.292. The van der Waals surface area contributed by atoms with Gasteiger partial charge >= 0.3 is 0 Å². The first kappa shape index (κ1) is 19.9. The van der Waals surface area contributed by atoms with Crippen LogP contribution in [0.5, 0.6) is 0 Å². The number of rotatable bonds is 7. The average Bonchev–Trinajstić information content (AvgIpc) is 3.42. The third kappa shape index (κ3) is 4.43. The molecule has 1 atom stereocenters. The fourth-order valence-corrected chi connectivity index (χ4v) is 3.88. The highest BCUT2D eigenvalue weighted by atomic mass is 16.2. The molecule has 0 aliphatic carbocycles. The van der Waals surface area contributed by atoms with Crippen LogP contribution in [0.3, 0.4) is 0 Å². The molecular formula is C24H26N4O2. The average molecular weight is 402 g/mol. The van der Waals surface area contributed by atoms with E-state index >= 15 is 0 Å². The Morgan fingerprint density at radius 2 is 1.90 bits per heavy atom. The predicted octanol–water partition coefficient (Wildman–Crippen LogP) is 3.16. The van der Waals surface area contributed by atoms with Crippen molar-refractivity contribution >= 4 is 17.5 Å². The largest absolute Gasteiger partial charge is 0.352 e. The summed E-state index contributed by atoms with van der Waals surface area (Å²) >= 11 is 0. The van der Waals surface area contributed by atoms with Crippen molar-refractivity contribution in [3.63, 3.8) is 0 Å². The Balaban J connectivity index is 1.33. The van der Waals surface area contributed by atoms with Crippen molar-refractivity contribution in [2.45, 2.75) is 32.9 Å². The van der Waals surface area contributed by atoms with Crippen LogP contribution in [0.4, 0.5) is 5.69 Å². The van der Waals surface area contributed by atoms with Gasteiger partial charge in [-0.25, -0.2) is 4.98 Å². The molecule has 6 nitrogen and oxygen atoms in total. The number of carbonyl (C=O) groups excluding carboxylic acids is 2. The van der Waals surface area contributed by atoms with Gasteiger partial charge in [-0.3, -0.25) is 9.59 Å². The number of imidazole rings is 1. The monoisotopic (exact) mass is 402 g/mol. The van der Waals surface area contributed by atoms with Gasteiger partial charge in [0.1, 0.15) is 0 Å². The van der Waals surface area contributed by atoms with Crippen LogP contribution in [0.15, 0.2) is 67.3 Å². The summed E-state index contributed by atoms with van der Waals surface area (Å²) < 4.78 is 2.01. The highest BCUT2D eigenvalue weighted by Gasteiger charge is 2.35. The van der Waals surface area contributed by atoms with Crippen LogP contribution in [-0.4, -0.2) is 27.9 Å². The summed E-state index contributed by atoms with van der Waals surface area (Å²) in [6.45, 7) is 3.74. The number of para-hydroxylation sites is 1. The Labute approximate surface area is 176 Å². The second-order valence-electron chi connectivity index (χ2n) is 7.66. The van der Waals surface area contributed by atoms with Gasteiger partial charge in [0.05, 0.1) is 12.2 Å². The summed E-state index contributed by atoms with van der Waals surface area (Å²) in [7, 11) is 0. The molecule has 0 spiro atoms. The van der Waals surface area contributed by atoms with Gasteiger partial charge in [0, 0.05) is 44.1 Å². The lowest BCUT2D eigenvalue weighted by atomic mass is 10.1. The molecule has 3 aromatic rings. The standard InChI is InChI=1S/C24H26N4O2/c1-2-20-5-3-4-6-22(20)28-16-21(13-23(28)29)24(30)26-14-18-7-9-19(10-8-18)15-27-12-11-25-17-27/h3-12,17,21H,2,13-16H2,1H3,(H,26,30). The molecular weight excluding hydrogens is 376 g/mol. The van der Waals surface area contributed by atoms with Crippen molar-refractivity contribution < 1.29 is 9.59 Å². The van der Waals surface area contributed by atoms with Crippen molar-refractivity contribution in [1.82, 2.24) is 14.9 Å². The van der Waals surface area contributed by atoms with Crippen LogP contribution in [0, 0.1) is 5.92 Å². The lowest BCUT2D eigenvalue weighted by Crippen LogP contribution is -2.32. The number of aryl methyl sites for hydroxylation is 1. The van der Waals surface area contributed by atoms with Gasteiger partial charge in [-0.2, -0.15) is 0 Å². The van der Waals surface area contributed by atoms with Crippen LogP contribution in [0.25, 0.3) is 0 Å². The maximum Gasteiger partial charge on any atom is 0.227 e. The van der Waals surface area contributed by atoms with E-state index in [0.29, 0.717) is 13.1 Å². The molecule has 6 heteroatoms. The zero-order valence-electron chi connectivity index (χ0n) is 17.1. The summed E-state index contributed by atoms with van der Waals surface area (Å²) in [6.07, 6.45) is 6.60. The molecule has 1 aliphatic heterocycles. The molecule has 30 heavy (non-hydrogen) atoms. The number of anilines is 1. The molecule has 154 valence electrons. The van der Waals surface area contributed by atoms with Crippen LogP contribution < -0.4 is 10.2 Å². The fourth-order valence-electron chi connectivity index (χ4n) is 3.88. The molecule has 0 bridgehead atoms. The minimum atomic E-state index is -0.317. The number of nitrogens with one attached hydrogen (secondary N) is 1. The molecule has 2 aromatic carbocycles. The van der Waals surface area contributed by atoms with Gasteiger partial charge in [0.15, 0.2) is 0 Å². The normalized spacial score (nSPS) is 16.1. The van der Waals surface area contributed by atoms with E-state index in [1.807, 2.05) is 47.2 Å². The number of aromatic nitrogens is 2. The number of hydrogen-bond donors (Lipinski definition) is 1. The Kier molecular flexibility index (Phi) is 5.93. The van der Waals surface area contributed by atoms with E-state index in [1.54, 1.807) is 17.4 Å². The molecule has 2 amide bonds. The first-order valence-electron chi connectivity index (χ1n) is 10.3. The lowest BCUT2D eigenvalue weighted by Gasteiger charge is -2.20. The second-order valence-corrected chi connectivity index (χ2v) is 7.66. The van der Waals surface area contributed by atoms with Crippen LogP contribution in [0.2, 0.25) is 0 Å². The molecule has 1 aromatic heterocycles. The molecule has 2 heterocycles. The van der Waals surface area contributed by atoms with E-state index in [4.69, 9.17) is 0 Å². The Hall–Kier alpha value is -3.41. The number of hydrogen-bond acceptors (Lipinski definition) is 3. The molecule has 1 saturated heterocycles. The SMILES string of the molecule is CCc1ccccc1N1CC(C(=O)NCc2ccc(Cn3ccnc3)cc2)CC1=O. The lowest BCUT2D eigenvalue weighted by molar-refractivity contribution is -0.126. The summed E-state index contributed by atoms with van der Waals surface area (Å²) in [4.78, 5) is 31.0. The number of nitrogens with zero attached hydrogens (tertiary/aromatic N) is 3. The minimum absolute atomic E-state index is 0.0138.